The highest BCUT2D eigenvalue weighted by Crippen LogP contribution is 2.22. The van der Waals surface area contributed by atoms with Crippen molar-refractivity contribution in [2.45, 2.75) is 46.2 Å². The number of imidazole rings is 1. The molecule has 1 aliphatic rings. The van der Waals surface area contributed by atoms with Gasteiger partial charge in [-0.3, -0.25) is 9.69 Å². The van der Waals surface area contributed by atoms with E-state index in [1.54, 1.807) is 0 Å². The first-order chi connectivity index (χ1) is 11.2. The monoisotopic (exact) mass is 314 g/mol. The molecule has 5 heteroatoms. The molecule has 124 valence electrons. The molecule has 3 rings (SSSR count). The van der Waals surface area contributed by atoms with Crippen molar-refractivity contribution >= 4 is 11.6 Å². The Balaban J connectivity index is 1.80. The Labute approximate surface area is 137 Å². The van der Waals surface area contributed by atoms with Crippen LogP contribution < -0.4 is 0 Å². The van der Waals surface area contributed by atoms with Gasteiger partial charge in [0.2, 0.25) is 5.91 Å². The zero-order chi connectivity index (χ0) is 16.4. The number of hydrogen-bond donors (Lipinski definition) is 0. The molecule has 0 N–H and O–H groups in total. The van der Waals surface area contributed by atoms with Crippen molar-refractivity contribution in [2.75, 3.05) is 19.6 Å². The minimum atomic E-state index is 0.0188. The van der Waals surface area contributed by atoms with Crippen LogP contribution in [0.25, 0.3) is 5.65 Å². The number of rotatable bonds is 5. The SMILES string of the molecule is CCN(CC)C(=O)C1CCCN1Cc1cnc2c(C)cccn12. The summed E-state index contributed by atoms with van der Waals surface area (Å²) in [6, 6.07) is 4.15. The Kier molecular flexibility index (Phi) is 4.66. The topological polar surface area (TPSA) is 40.9 Å². The fraction of sp³-hybridized carbons (Fsp3) is 0.556. The van der Waals surface area contributed by atoms with Gasteiger partial charge in [-0.25, -0.2) is 4.98 Å². The van der Waals surface area contributed by atoms with Crippen LogP contribution in [0.15, 0.2) is 24.5 Å². The van der Waals surface area contributed by atoms with Gasteiger partial charge in [-0.05, 0) is 51.8 Å². The lowest BCUT2D eigenvalue weighted by Gasteiger charge is -2.28. The molecule has 0 radical (unpaired) electrons. The summed E-state index contributed by atoms with van der Waals surface area (Å²) in [5.41, 5.74) is 3.34. The first kappa shape index (κ1) is 16.0. The second-order valence-electron chi connectivity index (χ2n) is 6.27. The van der Waals surface area contributed by atoms with E-state index < -0.39 is 0 Å². The van der Waals surface area contributed by atoms with Gasteiger partial charge in [0.05, 0.1) is 17.9 Å². The molecule has 1 fully saturated rings. The van der Waals surface area contributed by atoms with Gasteiger partial charge in [-0.15, -0.1) is 0 Å². The van der Waals surface area contributed by atoms with Gasteiger partial charge in [0.1, 0.15) is 5.65 Å². The van der Waals surface area contributed by atoms with Gasteiger partial charge < -0.3 is 9.30 Å². The molecule has 2 aromatic heterocycles. The van der Waals surface area contributed by atoms with Crippen molar-refractivity contribution in [3.63, 3.8) is 0 Å². The Morgan fingerprint density at radius 3 is 2.91 bits per heavy atom. The summed E-state index contributed by atoms with van der Waals surface area (Å²) < 4.78 is 2.15. The van der Waals surface area contributed by atoms with Crippen molar-refractivity contribution < 1.29 is 4.79 Å². The minimum absolute atomic E-state index is 0.0188. The maximum absolute atomic E-state index is 12.7. The molecule has 5 nitrogen and oxygen atoms in total. The molecule has 0 aliphatic carbocycles. The summed E-state index contributed by atoms with van der Waals surface area (Å²) in [5.74, 6) is 0.275. The number of aromatic nitrogens is 2. The van der Waals surface area contributed by atoms with Crippen LogP contribution in [0.3, 0.4) is 0 Å². The largest absolute Gasteiger partial charge is 0.342 e. The van der Waals surface area contributed by atoms with Gasteiger partial charge in [0, 0.05) is 25.8 Å². The van der Waals surface area contributed by atoms with Crippen LogP contribution in [-0.2, 0) is 11.3 Å². The summed E-state index contributed by atoms with van der Waals surface area (Å²) in [7, 11) is 0. The van der Waals surface area contributed by atoms with Gasteiger partial charge in [-0.2, -0.15) is 0 Å². The number of likely N-dealkylation sites (tertiary alicyclic amines) is 1. The highest BCUT2D eigenvalue weighted by Gasteiger charge is 2.33. The predicted molar refractivity (Wildman–Crippen MR) is 91.3 cm³/mol. The van der Waals surface area contributed by atoms with E-state index in [2.05, 4.69) is 39.5 Å². The van der Waals surface area contributed by atoms with E-state index in [0.29, 0.717) is 0 Å². The molecule has 1 unspecified atom stereocenters. The van der Waals surface area contributed by atoms with E-state index in [1.165, 1.54) is 5.56 Å². The van der Waals surface area contributed by atoms with Crippen LogP contribution in [0.1, 0.15) is 37.9 Å². The molecule has 0 aromatic carbocycles. The maximum Gasteiger partial charge on any atom is 0.239 e. The van der Waals surface area contributed by atoms with Crippen molar-refractivity contribution in [3.8, 4) is 0 Å². The first-order valence-electron chi connectivity index (χ1n) is 8.60. The van der Waals surface area contributed by atoms with Gasteiger partial charge >= 0.3 is 0 Å². The summed E-state index contributed by atoms with van der Waals surface area (Å²) in [6.07, 6.45) is 6.06. The highest BCUT2D eigenvalue weighted by atomic mass is 16.2. The maximum atomic E-state index is 12.7. The van der Waals surface area contributed by atoms with Crippen LogP contribution in [0.5, 0.6) is 0 Å². The lowest BCUT2D eigenvalue weighted by atomic mass is 10.2. The highest BCUT2D eigenvalue weighted by molar-refractivity contribution is 5.82. The normalized spacial score (nSPS) is 18.7. The summed E-state index contributed by atoms with van der Waals surface area (Å²) in [6.45, 7) is 9.51. The van der Waals surface area contributed by atoms with E-state index in [-0.39, 0.29) is 11.9 Å². The predicted octanol–water partition coefficient (Wildman–Crippen LogP) is 2.48. The molecular formula is C18H26N4O. The zero-order valence-corrected chi connectivity index (χ0v) is 14.3. The number of pyridine rings is 1. The van der Waals surface area contributed by atoms with E-state index in [1.807, 2.05) is 24.9 Å². The molecule has 1 atom stereocenters. The lowest BCUT2D eigenvalue weighted by molar-refractivity contribution is -0.135. The zero-order valence-electron chi connectivity index (χ0n) is 14.3. The van der Waals surface area contributed by atoms with E-state index in [0.717, 1.165) is 50.4 Å². The third-order valence-electron chi connectivity index (χ3n) is 4.90. The molecule has 1 saturated heterocycles. The number of fused-ring (bicyclic) bond motifs is 1. The molecular weight excluding hydrogens is 288 g/mol. The Morgan fingerprint density at radius 1 is 1.39 bits per heavy atom. The molecule has 0 bridgehead atoms. The van der Waals surface area contributed by atoms with E-state index in [4.69, 9.17) is 0 Å². The van der Waals surface area contributed by atoms with Gasteiger partial charge in [0.25, 0.3) is 0 Å². The number of amides is 1. The lowest BCUT2D eigenvalue weighted by Crippen LogP contribution is -2.45. The van der Waals surface area contributed by atoms with E-state index >= 15 is 0 Å². The average molecular weight is 314 g/mol. The Morgan fingerprint density at radius 2 is 2.17 bits per heavy atom. The minimum Gasteiger partial charge on any atom is -0.342 e. The van der Waals surface area contributed by atoms with Crippen LogP contribution in [0.2, 0.25) is 0 Å². The summed E-state index contributed by atoms with van der Waals surface area (Å²) in [4.78, 5) is 21.5. The molecule has 1 amide bonds. The van der Waals surface area contributed by atoms with Crippen LogP contribution in [-0.4, -0.2) is 50.8 Å². The molecule has 3 heterocycles. The number of carbonyl (C=O) groups is 1. The number of carbonyl (C=O) groups excluding carboxylic acids is 1. The quantitative estimate of drug-likeness (QED) is 0.851. The first-order valence-corrected chi connectivity index (χ1v) is 8.60. The van der Waals surface area contributed by atoms with E-state index in [9.17, 15) is 4.79 Å². The number of aryl methyl sites for hydroxylation is 1. The Hall–Kier alpha value is -1.88. The molecule has 0 saturated carbocycles. The molecule has 0 spiro atoms. The second kappa shape index (κ2) is 6.71. The van der Waals surface area contributed by atoms with Crippen molar-refractivity contribution in [1.82, 2.24) is 19.2 Å². The van der Waals surface area contributed by atoms with Crippen LogP contribution >= 0.6 is 0 Å². The van der Waals surface area contributed by atoms with Gasteiger partial charge in [0.15, 0.2) is 0 Å². The van der Waals surface area contributed by atoms with Crippen molar-refractivity contribution in [1.29, 1.82) is 0 Å². The van der Waals surface area contributed by atoms with Gasteiger partial charge in [-0.1, -0.05) is 6.07 Å². The third-order valence-corrected chi connectivity index (χ3v) is 4.90. The number of likely N-dealkylation sites (N-methyl/N-ethyl adjacent to an activating group) is 1. The standard InChI is InChI=1S/C18H26N4O/c1-4-20(5-2)18(23)16-9-7-10-21(16)13-15-12-19-17-14(3)8-6-11-22(15)17/h6,8,11-12,16H,4-5,7,9-10,13H2,1-3H3. The van der Waals surface area contributed by atoms with Crippen molar-refractivity contribution in [2.24, 2.45) is 0 Å². The molecule has 2 aromatic rings. The van der Waals surface area contributed by atoms with Crippen LogP contribution in [0.4, 0.5) is 0 Å². The van der Waals surface area contributed by atoms with Crippen LogP contribution in [0, 0.1) is 6.92 Å². The average Bonchev–Trinajstić information content (AvgIpc) is 3.17. The summed E-state index contributed by atoms with van der Waals surface area (Å²) >= 11 is 0. The third kappa shape index (κ3) is 2.98. The van der Waals surface area contributed by atoms with Crippen molar-refractivity contribution in [3.05, 3.63) is 35.8 Å². The number of hydrogen-bond acceptors (Lipinski definition) is 3. The summed E-state index contributed by atoms with van der Waals surface area (Å²) in [5, 5.41) is 0. The number of nitrogens with zero attached hydrogens (tertiary/aromatic N) is 4. The molecule has 23 heavy (non-hydrogen) atoms. The fourth-order valence-corrected chi connectivity index (χ4v) is 3.57. The molecule has 1 aliphatic heterocycles. The Bertz CT molecular complexity index is 689. The second-order valence-corrected chi connectivity index (χ2v) is 6.27. The smallest absolute Gasteiger partial charge is 0.239 e. The fourth-order valence-electron chi connectivity index (χ4n) is 3.57.